The van der Waals surface area contributed by atoms with Gasteiger partial charge >= 0.3 is 5.97 Å². The van der Waals surface area contributed by atoms with Gasteiger partial charge in [0.1, 0.15) is 6.10 Å². The number of halogens is 1. The van der Waals surface area contributed by atoms with Gasteiger partial charge in [-0.2, -0.15) is 5.10 Å². The molecule has 1 N–H and O–H groups in total. The van der Waals surface area contributed by atoms with E-state index >= 15 is 0 Å². The van der Waals surface area contributed by atoms with Crippen LogP contribution in [-0.2, 0) is 25.5 Å². The minimum Gasteiger partial charge on any atom is -0.450 e. The molecule has 1 aromatic rings. The van der Waals surface area contributed by atoms with Crippen LogP contribution in [-0.4, -0.2) is 56.8 Å². The molecule has 0 amide bonds. The third-order valence-electron chi connectivity index (χ3n) is 10.2. The number of aromatic nitrogens is 2. The Morgan fingerprint density at radius 3 is 2.71 bits per heavy atom. The summed E-state index contributed by atoms with van der Waals surface area (Å²) in [7, 11) is 0. The van der Waals surface area contributed by atoms with E-state index in [-0.39, 0.29) is 41.3 Å². The molecule has 0 radical (unpaired) electrons. The van der Waals surface area contributed by atoms with Gasteiger partial charge in [-0.1, -0.05) is 32.9 Å². The molecular weight excluding hydrogens is 552 g/mol. The molecule has 6 rings (SSSR count). The Hall–Kier alpha value is -1.81. The first kappa shape index (κ1) is 26.4. The molecule has 1 saturated heterocycles. The van der Waals surface area contributed by atoms with Gasteiger partial charge in [-0.3, -0.25) is 9.48 Å². The Kier molecular flexibility index (Phi) is 5.64. The van der Waals surface area contributed by atoms with Crippen molar-refractivity contribution in [1.29, 1.82) is 0 Å². The largest absolute Gasteiger partial charge is 0.450 e. The quantitative estimate of drug-likeness (QED) is 0.411. The molecule has 3 fully saturated rings. The number of hydrogen-bond donors (Lipinski definition) is 1. The predicted molar refractivity (Wildman–Crippen MR) is 142 cm³/mol. The van der Waals surface area contributed by atoms with Crippen LogP contribution >= 0.6 is 15.9 Å². The lowest BCUT2D eigenvalue weighted by molar-refractivity contribution is -0.302. The van der Waals surface area contributed by atoms with E-state index in [0.717, 1.165) is 12.0 Å². The molecule has 1 aromatic heterocycles. The monoisotopic (exact) mass is 588 g/mol. The first-order valence-corrected chi connectivity index (χ1v) is 14.4. The molecule has 8 atom stereocenters. The Labute approximate surface area is 231 Å². The number of aliphatic hydroxyl groups is 1. The number of Topliss-reactive ketones (excluding diaryl/α,β-unsaturated/α-hetero) is 1. The van der Waals surface area contributed by atoms with Crippen LogP contribution in [0, 0.1) is 34.5 Å². The fourth-order valence-electron chi connectivity index (χ4n) is 8.27. The summed E-state index contributed by atoms with van der Waals surface area (Å²) < 4.78 is 20.8. The van der Waals surface area contributed by atoms with Gasteiger partial charge in [0.25, 0.3) is 0 Å². The summed E-state index contributed by atoms with van der Waals surface area (Å²) in [5.41, 5.74) is -1.41. The molecule has 1 aliphatic heterocycles. The van der Waals surface area contributed by atoms with Crippen molar-refractivity contribution in [2.75, 3.05) is 6.61 Å². The number of aryl methyl sites for hydroxylation is 1. The van der Waals surface area contributed by atoms with Crippen LogP contribution in [0.4, 0.5) is 0 Å². The number of carbonyl (C=O) groups excluding carboxylic acids is 2. The second-order valence-electron chi connectivity index (χ2n) is 12.9. The van der Waals surface area contributed by atoms with Crippen molar-refractivity contribution in [2.45, 2.75) is 85.0 Å². The standard InChI is InChI=1S/C29H37BrN2O6/c1-8-32-21(19(30)12-31-32)25(34)37-23-14(2)11-28-15(3)9-18-20(26(18,4)5)17(22(28)33)10-16-13-36-27(6,7)38-24(16)29(23,28)35/h10-12,15,17-18,20,23-24,35H,8-9,13H2,1-7H3/t15-,17+,18-,20+,23+,24-,28+,29-/m1/s1. The van der Waals surface area contributed by atoms with E-state index < -0.39 is 35.0 Å². The van der Waals surface area contributed by atoms with Crippen LogP contribution in [0.15, 0.2) is 34.0 Å². The zero-order valence-electron chi connectivity index (χ0n) is 23.1. The molecular formula is C29H37BrN2O6. The average molecular weight is 590 g/mol. The Morgan fingerprint density at radius 1 is 1.32 bits per heavy atom. The van der Waals surface area contributed by atoms with Crippen molar-refractivity contribution in [3.05, 3.63) is 39.7 Å². The van der Waals surface area contributed by atoms with E-state index in [1.54, 1.807) is 10.9 Å². The fourth-order valence-corrected chi connectivity index (χ4v) is 8.73. The van der Waals surface area contributed by atoms with Crippen molar-refractivity contribution in [3.63, 3.8) is 0 Å². The molecule has 2 saturated carbocycles. The summed E-state index contributed by atoms with van der Waals surface area (Å²) in [5.74, 6) is -1.61. The van der Waals surface area contributed by atoms with E-state index in [4.69, 9.17) is 14.2 Å². The third-order valence-corrected chi connectivity index (χ3v) is 10.8. The zero-order valence-corrected chi connectivity index (χ0v) is 24.7. The number of ether oxygens (including phenoxy) is 3. The minimum absolute atomic E-state index is 0.00781. The number of fused-ring (bicyclic) bond motifs is 5. The zero-order chi connectivity index (χ0) is 27.6. The van der Waals surface area contributed by atoms with Gasteiger partial charge in [0, 0.05) is 12.5 Å². The minimum atomic E-state index is -1.84. The van der Waals surface area contributed by atoms with Crippen molar-refractivity contribution < 1.29 is 28.9 Å². The molecule has 8 nitrogen and oxygen atoms in total. The number of hydrogen-bond acceptors (Lipinski definition) is 7. The van der Waals surface area contributed by atoms with Gasteiger partial charge in [-0.05, 0) is 84.4 Å². The van der Waals surface area contributed by atoms with E-state index in [9.17, 15) is 14.7 Å². The van der Waals surface area contributed by atoms with Crippen LogP contribution < -0.4 is 0 Å². The Bertz CT molecular complexity index is 1300. The SMILES string of the molecule is CCn1ncc(Br)c1C(=O)O[C@H]1C(C)=C[C@]23C(=O)[C@@H](C=C4COC(C)(C)O[C@H]4[C@]12O)[C@H]1[C@@H](C[C@H]3C)C1(C)C. The van der Waals surface area contributed by atoms with Gasteiger partial charge in [0.15, 0.2) is 29.0 Å². The van der Waals surface area contributed by atoms with Gasteiger partial charge < -0.3 is 19.3 Å². The summed E-state index contributed by atoms with van der Waals surface area (Å²) in [6.07, 6.45) is 4.30. The summed E-state index contributed by atoms with van der Waals surface area (Å²) in [4.78, 5) is 28.4. The van der Waals surface area contributed by atoms with Crippen molar-refractivity contribution in [1.82, 2.24) is 9.78 Å². The van der Waals surface area contributed by atoms with Crippen molar-refractivity contribution in [2.24, 2.45) is 34.5 Å². The molecule has 1 spiro atoms. The predicted octanol–water partition coefficient (Wildman–Crippen LogP) is 4.46. The maximum Gasteiger partial charge on any atom is 0.358 e. The maximum absolute atomic E-state index is 14.7. The second kappa shape index (κ2) is 8.12. The number of rotatable bonds is 3. The Balaban J connectivity index is 1.52. The van der Waals surface area contributed by atoms with E-state index in [2.05, 4.69) is 41.8 Å². The first-order valence-electron chi connectivity index (χ1n) is 13.6. The molecule has 2 heterocycles. The molecule has 5 aliphatic rings. The number of carbonyl (C=O) groups is 2. The number of esters is 1. The summed E-state index contributed by atoms with van der Waals surface area (Å²) >= 11 is 3.42. The number of ketones is 1. The summed E-state index contributed by atoms with van der Waals surface area (Å²) in [5, 5.41) is 17.3. The average Bonchev–Trinajstić information content (AvgIpc) is 3.11. The van der Waals surface area contributed by atoms with Gasteiger partial charge in [-0.25, -0.2) is 4.79 Å². The van der Waals surface area contributed by atoms with E-state index in [1.165, 1.54) is 0 Å². The van der Waals surface area contributed by atoms with Crippen molar-refractivity contribution >= 4 is 27.7 Å². The highest BCUT2D eigenvalue weighted by Gasteiger charge is 2.77. The highest BCUT2D eigenvalue weighted by molar-refractivity contribution is 9.10. The highest BCUT2D eigenvalue weighted by atomic mass is 79.9. The Morgan fingerprint density at radius 2 is 2.03 bits per heavy atom. The van der Waals surface area contributed by atoms with E-state index in [0.29, 0.717) is 22.5 Å². The molecule has 9 heteroatoms. The molecule has 2 bridgehead atoms. The third kappa shape index (κ3) is 3.22. The van der Waals surface area contributed by atoms with Crippen LogP contribution in [0.2, 0.25) is 0 Å². The smallest absolute Gasteiger partial charge is 0.358 e. The molecule has 0 unspecified atom stereocenters. The summed E-state index contributed by atoms with van der Waals surface area (Å²) in [6.45, 7) is 14.6. The molecule has 4 aliphatic carbocycles. The van der Waals surface area contributed by atoms with Crippen LogP contribution in [0.25, 0.3) is 0 Å². The van der Waals surface area contributed by atoms with Gasteiger partial charge in [0.05, 0.1) is 22.7 Å². The van der Waals surface area contributed by atoms with Gasteiger partial charge in [0.2, 0.25) is 0 Å². The van der Waals surface area contributed by atoms with Crippen LogP contribution in [0.3, 0.4) is 0 Å². The second-order valence-corrected chi connectivity index (χ2v) is 13.8. The molecule has 206 valence electrons. The lowest BCUT2D eigenvalue weighted by Crippen LogP contribution is -2.68. The first-order chi connectivity index (χ1) is 17.7. The lowest BCUT2D eigenvalue weighted by Gasteiger charge is -2.52. The normalized spacial score (nSPS) is 42.1. The molecule has 0 aromatic carbocycles. The topological polar surface area (TPSA) is 99.9 Å². The number of allylic oxidation sites excluding steroid dienone is 1. The van der Waals surface area contributed by atoms with E-state index in [1.807, 2.05) is 39.8 Å². The number of nitrogens with zero attached hydrogens (tertiary/aromatic N) is 2. The lowest BCUT2D eigenvalue weighted by atomic mass is 9.59. The maximum atomic E-state index is 14.7. The van der Waals surface area contributed by atoms with Crippen molar-refractivity contribution in [3.8, 4) is 0 Å². The van der Waals surface area contributed by atoms with Crippen LogP contribution in [0.5, 0.6) is 0 Å². The van der Waals surface area contributed by atoms with Gasteiger partial charge in [-0.15, -0.1) is 0 Å². The fraction of sp³-hybridized carbons (Fsp3) is 0.690. The molecule has 38 heavy (non-hydrogen) atoms. The van der Waals surface area contributed by atoms with Crippen LogP contribution in [0.1, 0.15) is 65.4 Å². The highest BCUT2D eigenvalue weighted by Crippen LogP contribution is 2.72. The summed E-state index contributed by atoms with van der Waals surface area (Å²) in [6, 6.07) is 0.